The van der Waals surface area contributed by atoms with E-state index in [1.54, 1.807) is 0 Å². The maximum atomic E-state index is 12.7. The molecular formula is C48H88NO7+. The van der Waals surface area contributed by atoms with Gasteiger partial charge in [-0.1, -0.05) is 172 Å². The van der Waals surface area contributed by atoms with Crippen LogP contribution in [0.15, 0.2) is 36.5 Å². The van der Waals surface area contributed by atoms with E-state index in [0.29, 0.717) is 19.3 Å². The fourth-order valence-electron chi connectivity index (χ4n) is 6.75. The number of nitrogens with zero attached hydrogens (tertiary/aromatic N) is 1. The van der Waals surface area contributed by atoms with E-state index in [1.165, 1.54) is 96.3 Å². The minimum absolute atomic E-state index is 0.0542. The number of esters is 2. The highest BCUT2D eigenvalue weighted by atomic mass is 16.6. The summed E-state index contributed by atoms with van der Waals surface area (Å²) in [6.07, 6.45) is 44.7. The van der Waals surface area contributed by atoms with Crippen LogP contribution in [-0.4, -0.2) is 80.6 Å². The molecule has 0 fully saturated rings. The first-order chi connectivity index (χ1) is 27.1. The van der Waals surface area contributed by atoms with Gasteiger partial charge in [0.05, 0.1) is 34.4 Å². The highest BCUT2D eigenvalue weighted by Gasteiger charge is 2.31. The van der Waals surface area contributed by atoms with Crippen molar-refractivity contribution in [2.75, 3.05) is 41.0 Å². The van der Waals surface area contributed by atoms with E-state index in [9.17, 15) is 19.5 Å². The van der Waals surface area contributed by atoms with Gasteiger partial charge in [-0.15, -0.1) is 0 Å². The number of aliphatic carboxylic acids is 1. The first-order valence-electron chi connectivity index (χ1n) is 23.0. The van der Waals surface area contributed by atoms with E-state index in [0.717, 1.165) is 70.6 Å². The van der Waals surface area contributed by atoms with Crippen LogP contribution in [0.25, 0.3) is 0 Å². The highest BCUT2D eigenvalue weighted by Crippen LogP contribution is 2.16. The quantitative estimate of drug-likeness (QED) is 0.0285. The Kier molecular flexibility index (Phi) is 37.7. The SMILES string of the molecule is CC/C=C/C/C=C/C/C=C/CCCCCCC(=O)OC(COCCC(C(=O)O)[N+](C)(C)C)COC(=O)CCCCCCCCCCCCCCCCCCCC. The van der Waals surface area contributed by atoms with Gasteiger partial charge in [-0.2, -0.15) is 0 Å². The molecule has 0 spiro atoms. The fourth-order valence-corrected chi connectivity index (χ4v) is 6.75. The number of rotatable bonds is 41. The van der Waals surface area contributed by atoms with Gasteiger partial charge in [-0.05, 0) is 44.9 Å². The van der Waals surface area contributed by atoms with Crippen molar-refractivity contribution in [1.82, 2.24) is 0 Å². The van der Waals surface area contributed by atoms with Crippen LogP contribution in [0, 0.1) is 0 Å². The number of hydrogen-bond donors (Lipinski definition) is 1. The first kappa shape index (κ1) is 53.6. The molecule has 0 bridgehead atoms. The number of unbranched alkanes of at least 4 members (excludes halogenated alkanes) is 21. The zero-order chi connectivity index (χ0) is 41.4. The molecule has 0 radical (unpaired) electrons. The summed E-state index contributed by atoms with van der Waals surface area (Å²) in [6, 6.07) is -0.617. The lowest BCUT2D eigenvalue weighted by atomic mass is 10.0. The molecule has 56 heavy (non-hydrogen) atoms. The van der Waals surface area contributed by atoms with Crippen LogP contribution in [0.3, 0.4) is 0 Å². The summed E-state index contributed by atoms with van der Waals surface area (Å²) in [7, 11) is 5.52. The Labute approximate surface area is 344 Å². The lowest BCUT2D eigenvalue weighted by molar-refractivity contribution is -0.887. The lowest BCUT2D eigenvalue weighted by Gasteiger charge is -2.31. The molecule has 0 aromatic heterocycles. The third kappa shape index (κ3) is 37.1. The predicted octanol–water partition coefficient (Wildman–Crippen LogP) is 12.6. The number of carbonyl (C=O) groups excluding carboxylic acids is 2. The number of carboxylic acids is 1. The van der Waals surface area contributed by atoms with Crippen molar-refractivity contribution in [2.24, 2.45) is 0 Å². The largest absolute Gasteiger partial charge is 0.477 e. The number of carboxylic acid groups (broad SMARTS) is 1. The molecule has 0 aliphatic rings. The molecule has 0 aliphatic carbocycles. The molecule has 0 amide bonds. The minimum Gasteiger partial charge on any atom is -0.477 e. The zero-order valence-corrected chi connectivity index (χ0v) is 37.1. The topological polar surface area (TPSA) is 99.1 Å². The molecule has 326 valence electrons. The molecule has 0 heterocycles. The average molecular weight is 791 g/mol. The monoisotopic (exact) mass is 791 g/mol. The Balaban J connectivity index is 4.30. The highest BCUT2D eigenvalue weighted by molar-refractivity contribution is 5.72. The van der Waals surface area contributed by atoms with Crippen molar-refractivity contribution >= 4 is 17.9 Å². The Morgan fingerprint density at radius 3 is 1.48 bits per heavy atom. The van der Waals surface area contributed by atoms with Crippen LogP contribution in [0.2, 0.25) is 0 Å². The third-order valence-electron chi connectivity index (χ3n) is 10.3. The molecule has 1 N–H and O–H groups in total. The van der Waals surface area contributed by atoms with Crippen LogP contribution in [0.5, 0.6) is 0 Å². The predicted molar refractivity (Wildman–Crippen MR) is 234 cm³/mol. The summed E-state index contributed by atoms with van der Waals surface area (Å²) in [6.45, 7) is 4.62. The van der Waals surface area contributed by atoms with E-state index in [-0.39, 0.29) is 36.2 Å². The molecule has 8 nitrogen and oxygen atoms in total. The van der Waals surface area contributed by atoms with Crippen LogP contribution < -0.4 is 0 Å². The van der Waals surface area contributed by atoms with E-state index >= 15 is 0 Å². The number of ether oxygens (including phenoxy) is 3. The zero-order valence-electron chi connectivity index (χ0n) is 37.1. The number of allylic oxidation sites excluding steroid dienone is 6. The lowest BCUT2D eigenvalue weighted by Crippen LogP contribution is -2.50. The van der Waals surface area contributed by atoms with Gasteiger partial charge in [0, 0.05) is 19.3 Å². The summed E-state index contributed by atoms with van der Waals surface area (Å²) in [5, 5.41) is 9.62. The van der Waals surface area contributed by atoms with Crippen LogP contribution in [0.1, 0.15) is 200 Å². The van der Waals surface area contributed by atoms with Gasteiger partial charge in [0.15, 0.2) is 12.1 Å². The van der Waals surface area contributed by atoms with Crippen molar-refractivity contribution in [3.05, 3.63) is 36.5 Å². The van der Waals surface area contributed by atoms with Crippen molar-refractivity contribution in [3.63, 3.8) is 0 Å². The molecule has 0 aromatic carbocycles. The molecule has 0 aromatic rings. The Bertz CT molecular complexity index is 1020. The van der Waals surface area contributed by atoms with Crippen LogP contribution in [0.4, 0.5) is 0 Å². The van der Waals surface area contributed by atoms with E-state index in [4.69, 9.17) is 14.2 Å². The van der Waals surface area contributed by atoms with Crippen molar-refractivity contribution in [3.8, 4) is 0 Å². The molecule has 8 heteroatoms. The van der Waals surface area contributed by atoms with Gasteiger partial charge in [0.2, 0.25) is 0 Å². The standard InChI is InChI=1S/C48H87NO7/c1-6-8-10-12-14-16-18-20-22-23-24-25-27-28-30-32-34-36-38-46(50)55-43-44(42-54-41-40-45(48(52)53)49(3,4)5)56-47(51)39-37-35-33-31-29-26-21-19-17-15-13-11-9-7-2/h9,11,15,17,21,26,44-45H,6-8,10,12-14,16,18-20,22-25,27-43H2,1-5H3/p+1/b11-9+,17-15+,26-21+. The molecule has 2 atom stereocenters. The second kappa shape index (κ2) is 39.4. The number of carbonyl (C=O) groups is 3. The van der Waals surface area contributed by atoms with Gasteiger partial charge >= 0.3 is 17.9 Å². The second-order valence-corrected chi connectivity index (χ2v) is 16.6. The van der Waals surface area contributed by atoms with Crippen molar-refractivity contribution in [2.45, 2.75) is 212 Å². The molecular weight excluding hydrogens is 703 g/mol. The number of hydrogen-bond acceptors (Lipinski definition) is 6. The summed E-state index contributed by atoms with van der Waals surface area (Å²) in [4.78, 5) is 37.0. The van der Waals surface area contributed by atoms with Gasteiger partial charge in [0.1, 0.15) is 6.61 Å². The van der Waals surface area contributed by atoms with Crippen LogP contribution >= 0.6 is 0 Å². The molecule has 0 rings (SSSR count). The van der Waals surface area contributed by atoms with Crippen molar-refractivity contribution < 1.29 is 38.2 Å². The van der Waals surface area contributed by atoms with Gasteiger partial charge in [0.25, 0.3) is 0 Å². The van der Waals surface area contributed by atoms with Crippen molar-refractivity contribution in [1.29, 1.82) is 0 Å². The van der Waals surface area contributed by atoms with E-state index in [2.05, 4.69) is 50.3 Å². The van der Waals surface area contributed by atoms with Gasteiger partial charge in [-0.25, -0.2) is 4.79 Å². The fraction of sp³-hybridized carbons (Fsp3) is 0.812. The molecule has 0 saturated carbocycles. The maximum Gasteiger partial charge on any atom is 0.362 e. The van der Waals surface area contributed by atoms with Gasteiger partial charge < -0.3 is 23.8 Å². The Hall–Kier alpha value is -2.45. The average Bonchev–Trinajstić information content (AvgIpc) is 3.15. The number of quaternary nitrogens is 1. The second-order valence-electron chi connectivity index (χ2n) is 16.6. The summed E-state index contributed by atoms with van der Waals surface area (Å²) in [5.74, 6) is -1.49. The maximum absolute atomic E-state index is 12.7. The summed E-state index contributed by atoms with van der Waals surface area (Å²) in [5.41, 5.74) is 0. The normalized spacial score (nSPS) is 13.2. The smallest absolute Gasteiger partial charge is 0.362 e. The van der Waals surface area contributed by atoms with E-state index in [1.807, 2.05) is 21.1 Å². The molecule has 2 unspecified atom stereocenters. The van der Waals surface area contributed by atoms with Crippen LogP contribution in [-0.2, 0) is 28.6 Å². The summed E-state index contributed by atoms with van der Waals surface area (Å²) >= 11 is 0. The van der Waals surface area contributed by atoms with Gasteiger partial charge in [-0.3, -0.25) is 9.59 Å². The molecule has 0 saturated heterocycles. The first-order valence-corrected chi connectivity index (χ1v) is 23.0. The third-order valence-corrected chi connectivity index (χ3v) is 10.3. The summed E-state index contributed by atoms with van der Waals surface area (Å²) < 4.78 is 17.3. The molecule has 0 aliphatic heterocycles. The Morgan fingerprint density at radius 1 is 0.554 bits per heavy atom. The Morgan fingerprint density at radius 2 is 1.00 bits per heavy atom. The minimum atomic E-state index is -0.878. The van der Waals surface area contributed by atoms with E-state index < -0.39 is 18.1 Å². The number of likely N-dealkylation sites (N-methyl/N-ethyl adjacent to an activating group) is 1.